The molecule has 0 spiro atoms. The summed E-state index contributed by atoms with van der Waals surface area (Å²) in [7, 11) is 0. The summed E-state index contributed by atoms with van der Waals surface area (Å²) in [5.41, 5.74) is -0.182. The van der Waals surface area contributed by atoms with Crippen LogP contribution in [0.25, 0.3) is 0 Å². The monoisotopic (exact) mass is 376 g/mol. The second kappa shape index (κ2) is 7.65. The number of ether oxygens (including phenoxy) is 1. The Morgan fingerprint density at radius 3 is 2.39 bits per heavy atom. The van der Waals surface area contributed by atoms with E-state index in [0.717, 1.165) is 10.5 Å². The van der Waals surface area contributed by atoms with Gasteiger partial charge in [0.2, 0.25) is 11.8 Å². The van der Waals surface area contributed by atoms with E-state index in [1.165, 1.54) is 0 Å². The number of nitrogens with zero attached hydrogens (tertiary/aromatic N) is 2. The quantitative estimate of drug-likeness (QED) is 0.591. The van der Waals surface area contributed by atoms with E-state index in [1.807, 2.05) is 13.0 Å². The number of imide groups is 1. The third-order valence-electron chi connectivity index (χ3n) is 4.96. The minimum absolute atomic E-state index is 0.0609. The van der Waals surface area contributed by atoms with Gasteiger partial charge >= 0.3 is 5.97 Å². The highest BCUT2D eigenvalue weighted by molar-refractivity contribution is 6.22. The smallest absolute Gasteiger partial charge is 0.331 e. The summed E-state index contributed by atoms with van der Waals surface area (Å²) in [5, 5.41) is 10.1. The molecule has 0 radical (unpaired) electrons. The van der Waals surface area contributed by atoms with Crippen LogP contribution in [0.2, 0.25) is 0 Å². The van der Waals surface area contributed by atoms with Crippen LogP contribution in [0.4, 0.5) is 5.69 Å². The van der Waals surface area contributed by atoms with E-state index in [2.05, 4.69) is 0 Å². The first-order valence-electron chi connectivity index (χ1n) is 9.03. The van der Waals surface area contributed by atoms with Crippen molar-refractivity contribution in [3.63, 3.8) is 0 Å². The van der Waals surface area contributed by atoms with Crippen molar-refractivity contribution in [2.75, 3.05) is 11.5 Å². The average Bonchev–Trinajstić information content (AvgIpc) is 2.99. The highest BCUT2D eigenvalue weighted by Crippen LogP contribution is 2.41. The van der Waals surface area contributed by atoms with Gasteiger partial charge in [0.15, 0.2) is 5.41 Å². The number of benzene rings is 2. The molecule has 2 amide bonds. The topological polar surface area (TPSA) is 87.5 Å². The van der Waals surface area contributed by atoms with Gasteiger partial charge in [0, 0.05) is 6.42 Å². The number of rotatable bonds is 5. The summed E-state index contributed by atoms with van der Waals surface area (Å²) in [6, 6.07) is 17.3. The minimum atomic E-state index is -1.89. The molecule has 0 N–H and O–H groups in total. The second-order valence-electron chi connectivity index (χ2n) is 6.67. The molecular weight excluding hydrogens is 356 g/mol. The SMILES string of the molecule is CCOC(=O)[C@@](C#N)(c1ccc(C)cc1)[C@@H]1CC(=O)N(c2ccccc2)C1=O. The van der Waals surface area contributed by atoms with Crippen LogP contribution in [0.3, 0.4) is 0 Å². The third kappa shape index (κ3) is 3.05. The van der Waals surface area contributed by atoms with Gasteiger partial charge in [-0.2, -0.15) is 5.26 Å². The fourth-order valence-corrected chi connectivity index (χ4v) is 3.53. The number of amides is 2. The molecule has 0 saturated carbocycles. The standard InChI is InChI=1S/C22H20N2O4/c1-3-28-21(27)22(14-23,16-11-9-15(2)10-12-16)18-13-19(25)24(20(18)26)17-7-5-4-6-8-17/h4-12,18H,3,13H2,1-2H3/t18-,22+/m1/s1. The molecule has 0 unspecified atom stereocenters. The van der Waals surface area contributed by atoms with Gasteiger partial charge in [-0.15, -0.1) is 0 Å². The fourth-order valence-electron chi connectivity index (χ4n) is 3.53. The van der Waals surface area contributed by atoms with Crippen molar-refractivity contribution in [1.82, 2.24) is 0 Å². The van der Waals surface area contributed by atoms with Crippen LogP contribution in [-0.4, -0.2) is 24.4 Å². The van der Waals surface area contributed by atoms with E-state index in [4.69, 9.17) is 4.74 Å². The van der Waals surface area contributed by atoms with Gasteiger partial charge in [-0.1, -0.05) is 48.0 Å². The van der Waals surface area contributed by atoms with Crippen LogP contribution >= 0.6 is 0 Å². The lowest BCUT2D eigenvalue weighted by Crippen LogP contribution is -2.47. The van der Waals surface area contributed by atoms with Crippen molar-refractivity contribution >= 4 is 23.5 Å². The summed E-state index contributed by atoms with van der Waals surface area (Å²) in [6.45, 7) is 3.57. The molecule has 6 nitrogen and oxygen atoms in total. The van der Waals surface area contributed by atoms with Crippen molar-refractivity contribution in [1.29, 1.82) is 5.26 Å². The largest absolute Gasteiger partial charge is 0.465 e. The van der Waals surface area contributed by atoms with Crippen molar-refractivity contribution in [2.45, 2.75) is 25.7 Å². The number of esters is 1. The molecule has 0 aromatic heterocycles. The van der Waals surface area contributed by atoms with E-state index in [9.17, 15) is 19.6 Å². The first-order chi connectivity index (χ1) is 13.5. The molecule has 2 atom stereocenters. The molecular formula is C22H20N2O4. The third-order valence-corrected chi connectivity index (χ3v) is 4.96. The van der Waals surface area contributed by atoms with Gasteiger partial charge in [0.1, 0.15) is 0 Å². The van der Waals surface area contributed by atoms with Gasteiger partial charge in [0.25, 0.3) is 0 Å². The first kappa shape index (κ1) is 19.3. The van der Waals surface area contributed by atoms with E-state index in [0.29, 0.717) is 11.3 Å². The Kier molecular flexibility index (Phi) is 5.27. The van der Waals surface area contributed by atoms with E-state index < -0.39 is 29.1 Å². The van der Waals surface area contributed by atoms with Crippen LogP contribution in [-0.2, 0) is 24.5 Å². The summed E-state index contributed by atoms with van der Waals surface area (Å²) in [5.74, 6) is -3.00. The molecule has 1 aliphatic heterocycles. The molecule has 6 heteroatoms. The second-order valence-corrected chi connectivity index (χ2v) is 6.67. The normalized spacial score (nSPS) is 18.5. The Morgan fingerprint density at radius 2 is 1.82 bits per heavy atom. The molecule has 1 saturated heterocycles. The maximum Gasteiger partial charge on any atom is 0.331 e. The van der Waals surface area contributed by atoms with Gasteiger partial charge in [0.05, 0.1) is 24.3 Å². The average molecular weight is 376 g/mol. The number of hydrogen-bond acceptors (Lipinski definition) is 5. The van der Waals surface area contributed by atoms with Crippen molar-refractivity contribution in [3.8, 4) is 6.07 Å². The molecule has 2 aromatic carbocycles. The van der Waals surface area contributed by atoms with Crippen LogP contribution in [0.1, 0.15) is 24.5 Å². The highest BCUT2D eigenvalue weighted by atomic mass is 16.5. The fraction of sp³-hybridized carbons (Fsp3) is 0.273. The van der Waals surface area contributed by atoms with E-state index in [-0.39, 0.29) is 13.0 Å². The first-order valence-corrected chi connectivity index (χ1v) is 9.03. The predicted octanol–water partition coefficient (Wildman–Crippen LogP) is 2.90. The molecule has 1 aliphatic rings. The lowest BCUT2D eigenvalue weighted by Gasteiger charge is -2.29. The molecule has 1 fully saturated rings. The lowest BCUT2D eigenvalue weighted by molar-refractivity contribution is -0.151. The van der Waals surface area contributed by atoms with E-state index >= 15 is 0 Å². The number of para-hydroxylation sites is 1. The van der Waals surface area contributed by atoms with Crippen LogP contribution in [0.5, 0.6) is 0 Å². The van der Waals surface area contributed by atoms with Crippen LogP contribution in [0, 0.1) is 24.2 Å². The molecule has 0 aliphatic carbocycles. The summed E-state index contributed by atoms with van der Waals surface area (Å²) < 4.78 is 5.18. The van der Waals surface area contributed by atoms with Gasteiger partial charge in [-0.25, -0.2) is 4.79 Å². The Labute approximate surface area is 163 Å². The highest BCUT2D eigenvalue weighted by Gasteiger charge is 2.58. The Morgan fingerprint density at radius 1 is 1.18 bits per heavy atom. The summed E-state index contributed by atoms with van der Waals surface area (Å²) >= 11 is 0. The van der Waals surface area contributed by atoms with Crippen LogP contribution < -0.4 is 4.90 Å². The number of hydrogen-bond donors (Lipinski definition) is 0. The number of carbonyl (C=O) groups excluding carboxylic acids is 3. The Hall–Kier alpha value is -3.46. The molecule has 0 bridgehead atoms. The van der Waals surface area contributed by atoms with Crippen molar-refractivity contribution in [2.24, 2.45) is 5.92 Å². The zero-order chi connectivity index (χ0) is 20.3. The zero-order valence-electron chi connectivity index (χ0n) is 15.7. The van der Waals surface area contributed by atoms with E-state index in [1.54, 1.807) is 61.5 Å². The van der Waals surface area contributed by atoms with Crippen molar-refractivity contribution < 1.29 is 19.1 Å². The molecule has 28 heavy (non-hydrogen) atoms. The maximum atomic E-state index is 13.2. The van der Waals surface area contributed by atoms with Crippen molar-refractivity contribution in [3.05, 3.63) is 65.7 Å². The number of carbonyl (C=O) groups is 3. The Balaban J connectivity index is 2.12. The molecule has 2 aromatic rings. The zero-order valence-corrected chi connectivity index (χ0v) is 15.7. The van der Waals surface area contributed by atoms with Crippen LogP contribution in [0.15, 0.2) is 54.6 Å². The lowest BCUT2D eigenvalue weighted by atomic mass is 9.70. The maximum absolute atomic E-state index is 13.2. The number of anilines is 1. The Bertz CT molecular complexity index is 947. The summed E-state index contributed by atoms with van der Waals surface area (Å²) in [6.07, 6.45) is -0.242. The summed E-state index contributed by atoms with van der Waals surface area (Å²) in [4.78, 5) is 39.9. The van der Waals surface area contributed by atoms with Gasteiger partial charge in [-0.05, 0) is 31.5 Å². The minimum Gasteiger partial charge on any atom is -0.465 e. The number of aryl methyl sites for hydroxylation is 1. The molecule has 3 rings (SSSR count). The molecule has 1 heterocycles. The van der Waals surface area contributed by atoms with Gasteiger partial charge in [-0.3, -0.25) is 14.5 Å². The molecule has 142 valence electrons. The predicted molar refractivity (Wildman–Crippen MR) is 102 cm³/mol. The van der Waals surface area contributed by atoms with Gasteiger partial charge < -0.3 is 4.74 Å². The number of nitriles is 1.